The summed E-state index contributed by atoms with van der Waals surface area (Å²) in [6, 6.07) is 21.6. The number of aromatic nitrogens is 5. The van der Waals surface area contributed by atoms with Crippen molar-refractivity contribution in [1.82, 2.24) is 29.9 Å². The van der Waals surface area contributed by atoms with Gasteiger partial charge in [0.05, 0.1) is 11.6 Å². The molecule has 0 bridgehead atoms. The van der Waals surface area contributed by atoms with E-state index in [0.717, 1.165) is 11.1 Å². The summed E-state index contributed by atoms with van der Waals surface area (Å²) < 4.78 is 21.4. The first-order valence-electron chi connectivity index (χ1n) is 12.4. The van der Waals surface area contributed by atoms with Gasteiger partial charge in [-0.15, -0.1) is 5.10 Å². The first kappa shape index (κ1) is 22.3. The Balaban J connectivity index is 1.14. The summed E-state index contributed by atoms with van der Waals surface area (Å²) in [6.45, 7) is 2.22. The molecule has 0 spiro atoms. The largest absolute Gasteiger partial charge is 0.457 e. The van der Waals surface area contributed by atoms with Crippen LogP contribution < -0.4 is 9.64 Å². The van der Waals surface area contributed by atoms with Crippen LogP contribution in [0.25, 0.3) is 16.9 Å². The first-order valence-corrected chi connectivity index (χ1v) is 12.4. The third kappa shape index (κ3) is 3.64. The summed E-state index contributed by atoms with van der Waals surface area (Å²) in [7, 11) is 0. The Morgan fingerprint density at radius 3 is 2.29 bits per heavy atom. The number of rotatable bonds is 3. The minimum absolute atomic E-state index is 0.0535. The van der Waals surface area contributed by atoms with Gasteiger partial charge in [-0.25, -0.2) is 14.4 Å². The van der Waals surface area contributed by atoms with E-state index in [1.54, 1.807) is 12.1 Å². The molecule has 0 atom stereocenters. The zero-order chi connectivity index (χ0) is 25.6. The van der Waals surface area contributed by atoms with Crippen molar-refractivity contribution >= 4 is 22.9 Å². The van der Waals surface area contributed by atoms with Gasteiger partial charge < -0.3 is 14.5 Å². The first-order chi connectivity index (χ1) is 18.7. The molecule has 5 aromatic rings. The van der Waals surface area contributed by atoms with Crippen molar-refractivity contribution in [3.8, 4) is 17.2 Å². The zero-order valence-corrected chi connectivity index (χ0v) is 20.2. The molecule has 10 heteroatoms. The number of anilines is 1. The Kier molecular flexibility index (Phi) is 5.24. The number of benzene rings is 3. The topological polar surface area (TPSA) is 89.3 Å². The van der Waals surface area contributed by atoms with E-state index in [1.807, 2.05) is 53.4 Å². The fourth-order valence-corrected chi connectivity index (χ4v) is 5.25. The number of para-hydroxylation sites is 2. The minimum atomic E-state index is -0.417. The fourth-order valence-electron chi connectivity index (χ4n) is 5.25. The molecule has 2 aliphatic rings. The monoisotopic (exact) mass is 507 g/mol. The number of halogens is 1. The quantitative estimate of drug-likeness (QED) is 0.366. The van der Waals surface area contributed by atoms with Gasteiger partial charge in [0, 0.05) is 37.3 Å². The number of nitrogens with zero attached hydrogens (tertiary/aromatic N) is 7. The van der Waals surface area contributed by atoms with E-state index in [0.29, 0.717) is 60.3 Å². The van der Waals surface area contributed by atoms with Gasteiger partial charge in [-0.1, -0.05) is 47.7 Å². The molecule has 2 aliphatic heterocycles. The molecule has 3 aromatic carbocycles. The Morgan fingerprint density at radius 2 is 1.58 bits per heavy atom. The summed E-state index contributed by atoms with van der Waals surface area (Å²) in [5.41, 5.74) is 3.32. The van der Waals surface area contributed by atoms with Crippen molar-refractivity contribution in [2.45, 2.75) is 5.92 Å². The maximum absolute atomic E-state index is 13.9. The van der Waals surface area contributed by atoms with E-state index in [1.165, 1.54) is 23.1 Å². The SMILES string of the molecule is O=C(C1c2ccccc2Oc2ccccc21)N1CCN(c2ncnc3c2nnn3-c2cccc(F)c2)CC1. The molecule has 2 aromatic heterocycles. The second kappa shape index (κ2) is 8.91. The molecule has 0 aliphatic carbocycles. The lowest BCUT2D eigenvalue weighted by Gasteiger charge is -2.38. The molecular weight excluding hydrogens is 485 g/mol. The van der Waals surface area contributed by atoms with E-state index in [-0.39, 0.29) is 11.7 Å². The van der Waals surface area contributed by atoms with E-state index in [4.69, 9.17) is 4.74 Å². The van der Waals surface area contributed by atoms with Gasteiger partial charge in [0.2, 0.25) is 5.91 Å². The highest BCUT2D eigenvalue weighted by atomic mass is 19.1. The third-order valence-corrected chi connectivity index (χ3v) is 7.09. The van der Waals surface area contributed by atoms with Gasteiger partial charge in [0.25, 0.3) is 0 Å². The molecule has 38 heavy (non-hydrogen) atoms. The average Bonchev–Trinajstić information content (AvgIpc) is 3.40. The van der Waals surface area contributed by atoms with Crippen LogP contribution in [0.1, 0.15) is 17.0 Å². The lowest BCUT2D eigenvalue weighted by atomic mass is 9.86. The van der Waals surface area contributed by atoms with Crippen molar-refractivity contribution in [3.05, 3.63) is 96.1 Å². The molecule has 4 heterocycles. The Bertz CT molecular complexity index is 1630. The maximum atomic E-state index is 13.9. The average molecular weight is 508 g/mol. The zero-order valence-electron chi connectivity index (χ0n) is 20.2. The fraction of sp³-hybridized carbons (Fsp3) is 0.179. The van der Waals surface area contributed by atoms with Crippen LogP contribution in [-0.2, 0) is 4.79 Å². The number of fused-ring (bicyclic) bond motifs is 3. The second-order valence-electron chi connectivity index (χ2n) is 9.27. The highest BCUT2D eigenvalue weighted by Gasteiger charge is 2.36. The Labute approximate surface area is 217 Å². The van der Waals surface area contributed by atoms with Crippen molar-refractivity contribution in [1.29, 1.82) is 0 Å². The number of piperazine rings is 1. The van der Waals surface area contributed by atoms with Crippen molar-refractivity contribution in [2.24, 2.45) is 0 Å². The predicted molar refractivity (Wildman–Crippen MR) is 138 cm³/mol. The summed E-state index contributed by atoms with van der Waals surface area (Å²) in [5.74, 6) is 1.35. The Hall–Kier alpha value is -4.86. The van der Waals surface area contributed by atoms with Crippen LogP contribution in [0, 0.1) is 5.82 Å². The Morgan fingerprint density at radius 1 is 0.868 bits per heavy atom. The van der Waals surface area contributed by atoms with E-state index in [2.05, 4.69) is 25.2 Å². The van der Waals surface area contributed by atoms with E-state index < -0.39 is 5.92 Å². The number of hydrogen-bond donors (Lipinski definition) is 0. The van der Waals surface area contributed by atoms with Crippen LogP contribution in [0.2, 0.25) is 0 Å². The van der Waals surface area contributed by atoms with E-state index in [9.17, 15) is 9.18 Å². The molecule has 1 fully saturated rings. The lowest BCUT2D eigenvalue weighted by molar-refractivity contribution is -0.132. The standard InChI is InChI=1S/C28H22FN7O2/c29-18-6-5-7-19(16-18)36-27-25(32-33-36)26(30-17-31-27)34-12-14-35(15-13-34)28(37)24-20-8-1-3-10-22(20)38-23-11-4-2-9-21(23)24/h1-11,16-17,24H,12-15H2. The molecule has 0 unspecified atom stereocenters. The van der Waals surface area contributed by atoms with Gasteiger partial charge in [-0.2, -0.15) is 4.68 Å². The highest BCUT2D eigenvalue weighted by molar-refractivity contribution is 5.90. The predicted octanol–water partition coefficient (Wildman–Crippen LogP) is 3.94. The number of ether oxygens (including phenoxy) is 1. The van der Waals surface area contributed by atoms with Crippen LogP contribution in [-0.4, -0.2) is 61.9 Å². The summed E-state index contributed by atoms with van der Waals surface area (Å²) >= 11 is 0. The van der Waals surface area contributed by atoms with Crippen LogP contribution >= 0.6 is 0 Å². The van der Waals surface area contributed by atoms with Crippen LogP contribution in [0.3, 0.4) is 0 Å². The molecule has 1 saturated heterocycles. The lowest BCUT2D eigenvalue weighted by Crippen LogP contribution is -2.50. The summed E-state index contributed by atoms with van der Waals surface area (Å²) in [5, 5.41) is 8.51. The van der Waals surface area contributed by atoms with Crippen LogP contribution in [0.5, 0.6) is 11.5 Å². The number of carbonyl (C=O) groups excluding carboxylic acids is 1. The van der Waals surface area contributed by atoms with Crippen LogP contribution in [0.4, 0.5) is 10.2 Å². The van der Waals surface area contributed by atoms with Crippen molar-refractivity contribution in [2.75, 3.05) is 31.1 Å². The maximum Gasteiger partial charge on any atom is 0.234 e. The highest BCUT2D eigenvalue weighted by Crippen LogP contribution is 2.44. The molecule has 7 rings (SSSR count). The number of amides is 1. The van der Waals surface area contributed by atoms with Gasteiger partial charge in [-0.3, -0.25) is 4.79 Å². The third-order valence-electron chi connectivity index (χ3n) is 7.09. The van der Waals surface area contributed by atoms with Crippen molar-refractivity contribution < 1.29 is 13.9 Å². The molecular formula is C28H22FN7O2. The molecule has 188 valence electrons. The van der Waals surface area contributed by atoms with Gasteiger partial charge in [-0.05, 0) is 30.3 Å². The van der Waals surface area contributed by atoms with Gasteiger partial charge in [0.15, 0.2) is 17.0 Å². The smallest absolute Gasteiger partial charge is 0.234 e. The molecule has 1 amide bonds. The molecule has 0 saturated carbocycles. The van der Waals surface area contributed by atoms with Crippen molar-refractivity contribution in [3.63, 3.8) is 0 Å². The number of hydrogen-bond acceptors (Lipinski definition) is 7. The van der Waals surface area contributed by atoms with E-state index >= 15 is 0 Å². The van der Waals surface area contributed by atoms with Crippen LogP contribution in [0.15, 0.2) is 79.1 Å². The molecule has 0 N–H and O–H groups in total. The normalized spacial score (nSPS) is 15.2. The molecule has 9 nitrogen and oxygen atoms in total. The second-order valence-corrected chi connectivity index (χ2v) is 9.27. The molecule has 0 radical (unpaired) electrons. The van der Waals surface area contributed by atoms with Gasteiger partial charge in [0.1, 0.15) is 23.6 Å². The minimum Gasteiger partial charge on any atom is -0.457 e. The number of carbonyl (C=O) groups is 1. The summed E-state index contributed by atoms with van der Waals surface area (Å²) in [4.78, 5) is 26.7. The van der Waals surface area contributed by atoms with Gasteiger partial charge >= 0.3 is 0 Å². The summed E-state index contributed by atoms with van der Waals surface area (Å²) in [6.07, 6.45) is 1.46.